The fourth-order valence-electron chi connectivity index (χ4n) is 2.34. The first-order valence-corrected chi connectivity index (χ1v) is 5.66. The van der Waals surface area contributed by atoms with E-state index in [-0.39, 0.29) is 17.8 Å². The highest BCUT2D eigenvalue weighted by Crippen LogP contribution is 2.29. The van der Waals surface area contributed by atoms with Gasteiger partial charge in [0, 0.05) is 12.5 Å². The van der Waals surface area contributed by atoms with Gasteiger partial charge < -0.3 is 10.1 Å². The molecule has 0 saturated carbocycles. The molecule has 1 aromatic rings. The Morgan fingerprint density at radius 3 is 2.81 bits per heavy atom. The standard InChI is InChI=1S/C13H17NO2/c1-16-13(15)11-7-8-14-9-12(11)10-5-3-2-4-6-10/h2-6,11-12,14H,7-9H2,1H3/t11-,12+/m0/s1. The van der Waals surface area contributed by atoms with Crippen molar-refractivity contribution in [2.45, 2.75) is 12.3 Å². The van der Waals surface area contributed by atoms with Crippen LogP contribution < -0.4 is 5.32 Å². The van der Waals surface area contributed by atoms with Crippen molar-refractivity contribution in [1.29, 1.82) is 0 Å². The van der Waals surface area contributed by atoms with Gasteiger partial charge in [-0.25, -0.2) is 0 Å². The van der Waals surface area contributed by atoms with Crippen molar-refractivity contribution in [3.63, 3.8) is 0 Å². The lowest BCUT2D eigenvalue weighted by Crippen LogP contribution is -2.39. The van der Waals surface area contributed by atoms with Crippen molar-refractivity contribution in [2.75, 3.05) is 20.2 Å². The Balaban J connectivity index is 2.20. The SMILES string of the molecule is COC(=O)[C@H]1CCNC[C@@H]1c1ccccc1. The van der Waals surface area contributed by atoms with Crippen LogP contribution in [0.25, 0.3) is 0 Å². The summed E-state index contributed by atoms with van der Waals surface area (Å²) >= 11 is 0. The van der Waals surface area contributed by atoms with Gasteiger partial charge in [0.25, 0.3) is 0 Å². The normalized spacial score (nSPS) is 25.1. The molecule has 3 heteroatoms. The number of nitrogens with one attached hydrogen (secondary N) is 1. The number of carbonyl (C=O) groups is 1. The van der Waals surface area contributed by atoms with Gasteiger partial charge in [0.15, 0.2) is 0 Å². The van der Waals surface area contributed by atoms with E-state index in [1.165, 1.54) is 12.7 Å². The van der Waals surface area contributed by atoms with E-state index in [0.717, 1.165) is 19.5 Å². The Bertz CT molecular complexity index is 350. The minimum atomic E-state index is -0.0876. The van der Waals surface area contributed by atoms with E-state index in [1.807, 2.05) is 18.2 Å². The van der Waals surface area contributed by atoms with Crippen LogP contribution >= 0.6 is 0 Å². The molecule has 1 N–H and O–H groups in total. The molecule has 0 spiro atoms. The summed E-state index contributed by atoms with van der Waals surface area (Å²) in [7, 11) is 1.46. The maximum absolute atomic E-state index is 11.7. The van der Waals surface area contributed by atoms with E-state index < -0.39 is 0 Å². The second-order valence-electron chi connectivity index (χ2n) is 4.14. The third-order valence-electron chi connectivity index (χ3n) is 3.21. The zero-order valence-corrected chi connectivity index (χ0v) is 9.48. The summed E-state index contributed by atoms with van der Waals surface area (Å²) in [6.07, 6.45) is 0.853. The Labute approximate surface area is 95.8 Å². The van der Waals surface area contributed by atoms with Gasteiger partial charge in [-0.1, -0.05) is 30.3 Å². The number of esters is 1. The van der Waals surface area contributed by atoms with Crippen molar-refractivity contribution >= 4 is 5.97 Å². The molecule has 0 radical (unpaired) electrons. The molecule has 2 rings (SSSR count). The number of methoxy groups -OCH3 is 1. The summed E-state index contributed by atoms with van der Waals surface area (Å²) in [4.78, 5) is 11.7. The van der Waals surface area contributed by atoms with Crippen LogP contribution in [0, 0.1) is 5.92 Å². The monoisotopic (exact) mass is 219 g/mol. The van der Waals surface area contributed by atoms with Crippen LogP contribution in [0.2, 0.25) is 0 Å². The van der Waals surface area contributed by atoms with Crippen molar-refractivity contribution in [3.8, 4) is 0 Å². The quantitative estimate of drug-likeness (QED) is 0.767. The molecule has 0 unspecified atom stereocenters. The first kappa shape index (κ1) is 11.1. The molecular formula is C13H17NO2. The molecule has 1 saturated heterocycles. The molecule has 2 atom stereocenters. The molecule has 0 aromatic heterocycles. The molecule has 1 aliphatic heterocycles. The fourth-order valence-corrected chi connectivity index (χ4v) is 2.34. The molecule has 3 nitrogen and oxygen atoms in total. The maximum atomic E-state index is 11.7. The molecule has 0 aliphatic carbocycles. The number of hydrogen-bond donors (Lipinski definition) is 1. The smallest absolute Gasteiger partial charge is 0.309 e. The summed E-state index contributed by atoms with van der Waals surface area (Å²) in [5, 5.41) is 3.33. The molecular weight excluding hydrogens is 202 g/mol. The molecule has 0 bridgehead atoms. The minimum absolute atomic E-state index is 0.00588. The van der Waals surface area contributed by atoms with Gasteiger partial charge in [0.2, 0.25) is 0 Å². The van der Waals surface area contributed by atoms with Gasteiger partial charge >= 0.3 is 5.97 Å². The number of piperidine rings is 1. The molecule has 86 valence electrons. The topological polar surface area (TPSA) is 38.3 Å². The number of hydrogen-bond acceptors (Lipinski definition) is 3. The summed E-state index contributed by atoms with van der Waals surface area (Å²) in [5.41, 5.74) is 1.21. The van der Waals surface area contributed by atoms with Crippen LogP contribution in [-0.2, 0) is 9.53 Å². The van der Waals surface area contributed by atoms with Crippen LogP contribution in [0.1, 0.15) is 17.9 Å². The van der Waals surface area contributed by atoms with E-state index in [1.54, 1.807) is 0 Å². The molecule has 1 aromatic carbocycles. The third kappa shape index (κ3) is 2.25. The summed E-state index contributed by atoms with van der Waals surface area (Å²) in [5.74, 6) is 0.145. The first-order valence-electron chi connectivity index (χ1n) is 5.66. The van der Waals surface area contributed by atoms with E-state index in [2.05, 4.69) is 17.4 Å². The lowest BCUT2D eigenvalue weighted by molar-refractivity contribution is -0.147. The van der Waals surface area contributed by atoms with Crippen molar-refractivity contribution < 1.29 is 9.53 Å². The van der Waals surface area contributed by atoms with Gasteiger partial charge in [-0.15, -0.1) is 0 Å². The summed E-state index contributed by atoms with van der Waals surface area (Å²) < 4.78 is 4.87. The molecule has 1 fully saturated rings. The van der Waals surface area contributed by atoms with Gasteiger partial charge in [0.1, 0.15) is 0 Å². The number of rotatable bonds is 2. The average molecular weight is 219 g/mol. The van der Waals surface area contributed by atoms with Crippen LogP contribution in [0.4, 0.5) is 0 Å². The van der Waals surface area contributed by atoms with E-state index >= 15 is 0 Å². The van der Waals surface area contributed by atoms with Gasteiger partial charge in [0.05, 0.1) is 13.0 Å². The zero-order chi connectivity index (χ0) is 11.4. The summed E-state index contributed by atoms with van der Waals surface area (Å²) in [6.45, 7) is 1.74. The molecule has 16 heavy (non-hydrogen) atoms. The van der Waals surface area contributed by atoms with Crippen molar-refractivity contribution in [3.05, 3.63) is 35.9 Å². The number of carbonyl (C=O) groups excluding carboxylic acids is 1. The van der Waals surface area contributed by atoms with Crippen LogP contribution in [0.5, 0.6) is 0 Å². The van der Waals surface area contributed by atoms with Crippen LogP contribution in [-0.4, -0.2) is 26.2 Å². The predicted molar refractivity (Wildman–Crippen MR) is 62.2 cm³/mol. The fraction of sp³-hybridized carbons (Fsp3) is 0.462. The average Bonchev–Trinajstić information content (AvgIpc) is 2.39. The van der Waals surface area contributed by atoms with Gasteiger partial charge in [-0.05, 0) is 18.5 Å². The lowest BCUT2D eigenvalue weighted by Gasteiger charge is -2.30. The summed E-state index contributed by atoms with van der Waals surface area (Å²) in [6, 6.07) is 10.2. The van der Waals surface area contributed by atoms with Crippen LogP contribution in [0.15, 0.2) is 30.3 Å². The second-order valence-corrected chi connectivity index (χ2v) is 4.14. The number of ether oxygens (including phenoxy) is 1. The zero-order valence-electron chi connectivity index (χ0n) is 9.48. The molecule has 1 aliphatic rings. The van der Waals surface area contributed by atoms with Gasteiger partial charge in [-0.2, -0.15) is 0 Å². The minimum Gasteiger partial charge on any atom is -0.469 e. The molecule has 1 heterocycles. The third-order valence-corrected chi connectivity index (χ3v) is 3.21. The Hall–Kier alpha value is -1.35. The maximum Gasteiger partial charge on any atom is 0.309 e. The largest absolute Gasteiger partial charge is 0.469 e. The van der Waals surface area contributed by atoms with Crippen LogP contribution in [0.3, 0.4) is 0 Å². The first-order chi connectivity index (χ1) is 7.83. The van der Waals surface area contributed by atoms with Crippen molar-refractivity contribution in [1.82, 2.24) is 5.32 Å². The van der Waals surface area contributed by atoms with E-state index in [9.17, 15) is 4.79 Å². The Morgan fingerprint density at radius 1 is 1.38 bits per heavy atom. The second kappa shape index (κ2) is 5.12. The van der Waals surface area contributed by atoms with Gasteiger partial charge in [-0.3, -0.25) is 4.79 Å². The highest BCUT2D eigenvalue weighted by atomic mass is 16.5. The number of benzene rings is 1. The Morgan fingerprint density at radius 2 is 2.12 bits per heavy atom. The van der Waals surface area contributed by atoms with E-state index in [0.29, 0.717) is 0 Å². The van der Waals surface area contributed by atoms with E-state index in [4.69, 9.17) is 4.74 Å². The lowest BCUT2D eigenvalue weighted by atomic mass is 9.81. The molecule has 0 amide bonds. The van der Waals surface area contributed by atoms with Crippen molar-refractivity contribution in [2.24, 2.45) is 5.92 Å². The predicted octanol–water partition coefficient (Wildman–Crippen LogP) is 1.55. The highest BCUT2D eigenvalue weighted by Gasteiger charge is 2.32. The Kier molecular flexibility index (Phi) is 3.57. The highest BCUT2D eigenvalue weighted by molar-refractivity contribution is 5.73.